The molecule has 1 heterocycles. The lowest BCUT2D eigenvalue weighted by molar-refractivity contribution is 0.0474. The Morgan fingerprint density at radius 3 is 2.18 bits per heavy atom. The molecule has 4 aromatic rings. The summed E-state index contributed by atoms with van der Waals surface area (Å²) in [5, 5.41) is 0. The smallest absolute Gasteiger partial charge is 0.338 e. The molecule has 38 heavy (non-hydrogen) atoms. The summed E-state index contributed by atoms with van der Waals surface area (Å²) in [5.74, 6) is -0.862. The van der Waals surface area contributed by atoms with Crippen LogP contribution in [0.25, 0.3) is 0 Å². The fourth-order valence-corrected chi connectivity index (χ4v) is 4.15. The quantitative estimate of drug-likeness (QED) is 0.176. The predicted octanol–water partition coefficient (Wildman–Crippen LogP) is 5.94. The van der Waals surface area contributed by atoms with Crippen molar-refractivity contribution in [2.24, 2.45) is 0 Å². The van der Waals surface area contributed by atoms with E-state index in [1.807, 2.05) is 32.0 Å². The van der Waals surface area contributed by atoms with Crippen molar-refractivity contribution < 1.29 is 28.7 Å². The van der Waals surface area contributed by atoms with Gasteiger partial charge in [0.25, 0.3) is 11.8 Å². The Hall–Kier alpha value is -5.04. The highest BCUT2D eigenvalue weighted by molar-refractivity contribution is 6.34. The van der Waals surface area contributed by atoms with Gasteiger partial charge in [-0.05, 0) is 73.5 Å². The molecule has 1 aliphatic heterocycles. The Kier molecular flexibility index (Phi) is 6.58. The van der Waals surface area contributed by atoms with E-state index in [0.29, 0.717) is 17.0 Å². The van der Waals surface area contributed by atoms with E-state index in [1.165, 1.54) is 18.2 Å². The van der Waals surface area contributed by atoms with Crippen LogP contribution in [0.15, 0.2) is 91.0 Å². The summed E-state index contributed by atoms with van der Waals surface area (Å²) in [5.41, 5.74) is 3.28. The third-order valence-corrected chi connectivity index (χ3v) is 6.43. The van der Waals surface area contributed by atoms with Gasteiger partial charge in [-0.25, -0.2) is 9.69 Å². The van der Waals surface area contributed by atoms with Crippen LogP contribution in [-0.2, 0) is 4.74 Å². The monoisotopic (exact) mass is 505 g/mol. The van der Waals surface area contributed by atoms with Gasteiger partial charge in [-0.15, -0.1) is 0 Å². The summed E-state index contributed by atoms with van der Waals surface area (Å²) in [6, 6.07) is 25.1. The number of ketones is 1. The summed E-state index contributed by atoms with van der Waals surface area (Å²) in [7, 11) is 0. The number of carbonyl (C=O) groups is 4. The van der Waals surface area contributed by atoms with Crippen molar-refractivity contribution in [3.63, 3.8) is 0 Å². The number of carbonyl (C=O) groups excluding carboxylic acids is 4. The van der Waals surface area contributed by atoms with Gasteiger partial charge < -0.3 is 9.47 Å². The fourth-order valence-electron chi connectivity index (χ4n) is 4.15. The molecular formula is C31H23NO6. The first-order valence-corrected chi connectivity index (χ1v) is 12.0. The topological polar surface area (TPSA) is 90.0 Å². The van der Waals surface area contributed by atoms with E-state index >= 15 is 0 Å². The van der Waals surface area contributed by atoms with Crippen molar-refractivity contribution in [3.05, 3.63) is 124 Å². The summed E-state index contributed by atoms with van der Waals surface area (Å²) in [6.45, 7) is 3.54. The molecule has 0 atom stereocenters. The normalized spacial score (nSPS) is 12.3. The van der Waals surface area contributed by atoms with E-state index in [1.54, 1.807) is 54.6 Å². The first-order valence-electron chi connectivity index (χ1n) is 12.0. The van der Waals surface area contributed by atoms with Crippen LogP contribution in [0.5, 0.6) is 11.5 Å². The third-order valence-electron chi connectivity index (χ3n) is 6.43. The highest BCUT2D eigenvalue weighted by atomic mass is 16.5. The van der Waals surface area contributed by atoms with Crippen LogP contribution in [0, 0.1) is 13.8 Å². The lowest BCUT2D eigenvalue weighted by Gasteiger charge is -2.15. The zero-order valence-corrected chi connectivity index (χ0v) is 20.8. The Labute approximate surface area is 219 Å². The first-order chi connectivity index (χ1) is 18.3. The molecule has 7 nitrogen and oxygen atoms in total. The van der Waals surface area contributed by atoms with Crippen molar-refractivity contribution in [2.45, 2.75) is 13.8 Å². The molecular weight excluding hydrogens is 482 g/mol. The number of anilines is 1. The number of benzene rings is 4. The summed E-state index contributed by atoms with van der Waals surface area (Å²) < 4.78 is 11.1. The minimum Gasteiger partial charge on any atom is -0.457 e. The van der Waals surface area contributed by atoms with Crippen molar-refractivity contribution in [2.75, 3.05) is 11.5 Å². The molecule has 0 unspecified atom stereocenters. The molecule has 0 fully saturated rings. The maximum Gasteiger partial charge on any atom is 0.338 e. The molecule has 0 saturated carbocycles. The Balaban J connectivity index is 1.29. The molecule has 0 spiro atoms. The lowest BCUT2D eigenvalue weighted by atomic mass is 10.1. The minimum absolute atomic E-state index is 0.0740. The van der Waals surface area contributed by atoms with E-state index in [9.17, 15) is 19.2 Å². The number of hydrogen-bond acceptors (Lipinski definition) is 6. The first kappa shape index (κ1) is 24.6. The van der Waals surface area contributed by atoms with Crippen molar-refractivity contribution in [1.29, 1.82) is 0 Å². The molecule has 1 aliphatic rings. The van der Waals surface area contributed by atoms with Crippen LogP contribution in [0.1, 0.15) is 52.6 Å². The predicted molar refractivity (Wildman–Crippen MR) is 141 cm³/mol. The molecule has 0 aliphatic carbocycles. The molecule has 188 valence electrons. The molecule has 0 radical (unpaired) electrons. The van der Waals surface area contributed by atoms with E-state index < -0.39 is 24.4 Å². The molecule has 0 N–H and O–H groups in total. The zero-order valence-electron chi connectivity index (χ0n) is 20.8. The highest BCUT2D eigenvalue weighted by Crippen LogP contribution is 2.32. The molecule has 0 saturated heterocycles. The van der Waals surface area contributed by atoms with Gasteiger partial charge in [-0.1, -0.05) is 42.5 Å². The lowest BCUT2D eigenvalue weighted by Crippen LogP contribution is -2.29. The number of ether oxygens (including phenoxy) is 2. The van der Waals surface area contributed by atoms with E-state index in [-0.39, 0.29) is 22.5 Å². The van der Waals surface area contributed by atoms with Crippen molar-refractivity contribution >= 4 is 29.3 Å². The molecule has 0 aromatic heterocycles. The standard InChI is InChI=1S/C31H23NO6/c1-19-7-6-10-28(20(19)2)38-24-14-12-23(13-15-24)32-29(34)25-16-11-22(17-26(25)30(32)35)31(36)37-18-27(33)21-8-4-3-5-9-21/h3-17H,18H2,1-2H3. The number of imide groups is 1. The van der Waals surface area contributed by atoms with Crippen molar-refractivity contribution in [3.8, 4) is 11.5 Å². The number of rotatable bonds is 7. The number of hydrogen-bond donors (Lipinski definition) is 0. The average molecular weight is 506 g/mol. The second-order valence-corrected chi connectivity index (χ2v) is 8.87. The van der Waals surface area contributed by atoms with Gasteiger partial charge in [0.15, 0.2) is 12.4 Å². The minimum atomic E-state index is -0.760. The van der Waals surface area contributed by atoms with E-state index in [2.05, 4.69) is 0 Å². The average Bonchev–Trinajstić information content (AvgIpc) is 3.19. The van der Waals surface area contributed by atoms with Crippen LogP contribution in [-0.4, -0.2) is 30.2 Å². The van der Waals surface area contributed by atoms with Crippen LogP contribution < -0.4 is 9.64 Å². The second-order valence-electron chi connectivity index (χ2n) is 8.87. The van der Waals surface area contributed by atoms with Crippen molar-refractivity contribution in [1.82, 2.24) is 0 Å². The largest absolute Gasteiger partial charge is 0.457 e. The SMILES string of the molecule is Cc1cccc(Oc2ccc(N3C(=O)c4ccc(C(=O)OCC(=O)c5ccccc5)cc4C3=O)cc2)c1C. The highest BCUT2D eigenvalue weighted by Gasteiger charge is 2.37. The zero-order chi connectivity index (χ0) is 26.8. The second kappa shape index (κ2) is 10.1. The fraction of sp³-hybridized carbons (Fsp3) is 0.0968. The van der Waals surface area contributed by atoms with Gasteiger partial charge in [0.2, 0.25) is 0 Å². The summed E-state index contributed by atoms with van der Waals surface area (Å²) in [6.07, 6.45) is 0. The number of esters is 1. The molecule has 0 bridgehead atoms. The van der Waals surface area contributed by atoms with Crippen LogP contribution in [0.2, 0.25) is 0 Å². The maximum atomic E-state index is 13.2. The Morgan fingerprint density at radius 2 is 1.45 bits per heavy atom. The number of nitrogens with zero attached hydrogens (tertiary/aromatic N) is 1. The molecule has 2 amide bonds. The van der Waals surface area contributed by atoms with Gasteiger partial charge in [0.05, 0.1) is 22.4 Å². The van der Waals surface area contributed by atoms with Gasteiger partial charge in [0, 0.05) is 5.56 Å². The van der Waals surface area contributed by atoms with E-state index in [0.717, 1.165) is 21.8 Å². The Morgan fingerprint density at radius 1 is 0.737 bits per heavy atom. The third kappa shape index (κ3) is 4.69. The van der Waals surface area contributed by atoms with E-state index in [4.69, 9.17) is 9.47 Å². The van der Waals surface area contributed by atoms with Gasteiger partial charge >= 0.3 is 5.97 Å². The molecule has 4 aromatic carbocycles. The maximum absolute atomic E-state index is 13.2. The molecule has 5 rings (SSSR count). The number of Topliss-reactive ketones (excluding diaryl/α,β-unsaturated/α-hetero) is 1. The number of amides is 2. The van der Waals surface area contributed by atoms with Crippen LogP contribution >= 0.6 is 0 Å². The molecule has 7 heteroatoms. The summed E-state index contributed by atoms with van der Waals surface area (Å²) in [4.78, 5) is 52.0. The van der Waals surface area contributed by atoms with Crippen LogP contribution in [0.3, 0.4) is 0 Å². The number of aryl methyl sites for hydroxylation is 1. The Bertz CT molecular complexity index is 1570. The van der Waals surface area contributed by atoms with Gasteiger partial charge in [-0.2, -0.15) is 0 Å². The van der Waals surface area contributed by atoms with Gasteiger partial charge in [-0.3, -0.25) is 14.4 Å². The number of fused-ring (bicyclic) bond motifs is 1. The summed E-state index contributed by atoms with van der Waals surface area (Å²) >= 11 is 0. The van der Waals surface area contributed by atoms with Gasteiger partial charge in [0.1, 0.15) is 11.5 Å². The van der Waals surface area contributed by atoms with Crippen LogP contribution in [0.4, 0.5) is 5.69 Å².